The number of halogens is 1. The molecule has 1 aromatic carbocycles. The zero-order valence-electron chi connectivity index (χ0n) is 14.2. The number of aryl methyl sites for hydroxylation is 1. The van der Waals surface area contributed by atoms with Crippen molar-refractivity contribution < 1.29 is 19.5 Å². The van der Waals surface area contributed by atoms with Crippen molar-refractivity contribution in [2.45, 2.75) is 13.8 Å². The van der Waals surface area contributed by atoms with E-state index in [9.17, 15) is 14.4 Å². The maximum Gasteiger partial charge on any atom is 0.337 e. The second-order valence-electron chi connectivity index (χ2n) is 5.87. The zero-order valence-corrected chi connectivity index (χ0v) is 15.8. The summed E-state index contributed by atoms with van der Waals surface area (Å²) in [6, 6.07) is 6.63. The lowest BCUT2D eigenvalue weighted by molar-refractivity contribution is -0.121. The molecule has 0 bridgehead atoms. The summed E-state index contributed by atoms with van der Waals surface area (Å²) in [4.78, 5) is 36.3. The molecule has 0 radical (unpaired) electrons. The van der Waals surface area contributed by atoms with Crippen molar-refractivity contribution in [3.05, 3.63) is 56.7 Å². The number of hydrogen-bond donors (Lipinski definition) is 1. The van der Waals surface area contributed by atoms with Crippen molar-refractivity contribution in [2.24, 2.45) is 0 Å². The third-order valence-corrected chi connectivity index (χ3v) is 5.46. The molecule has 8 heteroatoms. The predicted molar refractivity (Wildman–Crippen MR) is 101 cm³/mol. The Morgan fingerprint density at radius 1 is 1.23 bits per heavy atom. The fourth-order valence-electron chi connectivity index (χ4n) is 2.83. The van der Waals surface area contributed by atoms with Crippen LogP contribution in [0.15, 0.2) is 29.2 Å². The van der Waals surface area contributed by atoms with E-state index in [0.29, 0.717) is 4.91 Å². The monoisotopic (exact) mass is 390 g/mol. The Balaban J connectivity index is 2.05. The average molecular weight is 391 g/mol. The van der Waals surface area contributed by atoms with Crippen LogP contribution >= 0.6 is 23.4 Å². The number of carboxylic acid groups (broad SMARTS) is 1. The minimum atomic E-state index is -1.08. The summed E-state index contributed by atoms with van der Waals surface area (Å²) in [5.41, 5.74) is 3.31. The highest BCUT2D eigenvalue weighted by Gasteiger charge is 2.32. The van der Waals surface area contributed by atoms with Crippen molar-refractivity contribution >= 4 is 46.6 Å². The summed E-state index contributed by atoms with van der Waals surface area (Å²) in [5, 5.41) is 8.95. The first kappa shape index (κ1) is 18.3. The number of aromatic carboxylic acids is 1. The van der Waals surface area contributed by atoms with Gasteiger partial charge in [0, 0.05) is 24.1 Å². The molecule has 0 aliphatic carbocycles. The number of imide groups is 1. The van der Waals surface area contributed by atoms with Crippen LogP contribution in [0.4, 0.5) is 4.79 Å². The molecule has 2 heterocycles. The van der Waals surface area contributed by atoms with Crippen LogP contribution in [0.5, 0.6) is 0 Å². The number of carbonyl (C=O) groups is 3. The quantitative estimate of drug-likeness (QED) is 0.797. The fraction of sp³-hybridized carbons (Fsp3) is 0.167. The van der Waals surface area contributed by atoms with Crippen LogP contribution in [-0.2, 0) is 4.79 Å². The van der Waals surface area contributed by atoms with Crippen LogP contribution in [0.1, 0.15) is 27.3 Å². The number of likely N-dealkylation sites (N-methyl/N-ethyl adjacent to an activating group) is 1. The highest BCUT2D eigenvalue weighted by molar-refractivity contribution is 8.18. The summed E-state index contributed by atoms with van der Waals surface area (Å²) in [6.45, 7) is 3.78. The van der Waals surface area contributed by atoms with E-state index in [4.69, 9.17) is 16.7 Å². The van der Waals surface area contributed by atoms with E-state index < -0.39 is 5.97 Å². The first-order chi connectivity index (χ1) is 12.2. The van der Waals surface area contributed by atoms with Gasteiger partial charge in [-0.25, -0.2) is 4.79 Å². The predicted octanol–water partition coefficient (Wildman–Crippen LogP) is 4.11. The smallest absolute Gasteiger partial charge is 0.337 e. The van der Waals surface area contributed by atoms with Gasteiger partial charge in [-0.2, -0.15) is 0 Å². The lowest BCUT2D eigenvalue weighted by Gasteiger charge is -2.11. The van der Waals surface area contributed by atoms with Crippen LogP contribution in [0, 0.1) is 13.8 Å². The molecule has 26 heavy (non-hydrogen) atoms. The number of benzene rings is 1. The van der Waals surface area contributed by atoms with E-state index in [1.165, 1.54) is 13.1 Å². The van der Waals surface area contributed by atoms with Crippen LogP contribution < -0.4 is 0 Å². The Hall–Kier alpha value is -2.51. The Morgan fingerprint density at radius 3 is 2.46 bits per heavy atom. The largest absolute Gasteiger partial charge is 0.478 e. The van der Waals surface area contributed by atoms with Crippen LogP contribution in [0.25, 0.3) is 11.8 Å². The van der Waals surface area contributed by atoms with Crippen LogP contribution in [0.2, 0.25) is 5.02 Å². The standard InChI is InChI=1S/C18H15ClN2O4S/c1-9-6-11(7-15-16(22)20(3)18(25)26-15)10(2)21(9)12-4-5-13(17(23)24)14(19)8-12/h4-8H,1-3H3,(H,23,24)/b15-7+. The maximum atomic E-state index is 12.1. The highest BCUT2D eigenvalue weighted by atomic mass is 35.5. The van der Waals surface area contributed by atoms with Crippen molar-refractivity contribution in [2.75, 3.05) is 7.05 Å². The molecule has 3 rings (SSSR count). The molecule has 1 aliphatic heterocycles. The highest BCUT2D eigenvalue weighted by Crippen LogP contribution is 2.33. The molecule has 0 unspecified atom stereocenters. The van der Waals surface area contributed by atoms with Gasteiger partial charge in [-0.05, 0) is 61.5 Å². The number of aromatic nitrogens is 1. The normalized spacial score (nSPS) is 16.0. The van der Waals surface area contributed by atoms with Crippen LogP contribution in [-0.4, -0.2) is 38.7 Å². The molecule has 1 aliphatic rings. The molecule has 2 aromatic rings. The Labute approximate surface area is 159 Å². The Kier molecular flexibility index (Phi) is 4.68. The lowest BCUT2D eigenvalue weighted by atomic mass is 10.2. The topological polar surface area (TPSA) is 79.6 Å². The Bertz CT molecular complexity index is 993. The molecule has 0 saturated carbocycles. The summed E-state index contributed by atoms with van der Waals surface area (Å²) >= 11 is 6.98. The number of rotatable bonds is 3. The van der Waals surface area contributed by atoms with Crippen molar-refractivity contribution in [3.63, 3.8) is 0 Å². The summed E-state index contributed by atoms with van der Waals surface area (Å²) in [7, 11) is 1.45. The number of amides is 2. The van der Waals surface area contributed by atoms with E-state index in [-0.39, 0.29) is 21.7 Å². The SMILES string of the molecule is Cc1cc(/C=C2/SC(=O)N(C)C2=O)c(C)n1-c1ccc(C(=O)O)c(Cl)c1. The molecular weight excluding hydrogens is 376 g/mol. The number of nitrogens with zero attached hydrogens (tertiary/aromatic N) is 2. The first-order valence-electron chi connectivity index (χ1n) is 7.64. The Morgan fingerprint density at radius 2 is 1.92 bits per heavy atom. The number of carbonyl (C=O) groups excluding carboxylic acids is 2. The third-order valence-electron chi connectivity index (χ3n) is 4.18. The van der Waals surface area contributed by atoms with Gasteiger partial charge in [-0.3, -0.25) is 14.5 Å². The number of hydrogen-bond acceptors (Lipinski definition) is 4. The van der Waals surface area contributed by atoms with E-state index in [1.807, 2.05) is 24.5 Å². The average Bonchev–Trinajstić information content (AvgIpc) is 2.98. The fourth-order valence-corrected chi connectivity index (χ4v) is 3.91. The molecular formula is C18H15ClN2O4S. The third kappa shape index (κ3) is 3.04. The van der Waals surface area contributed by atoms with Gasteiger partial charge in [0.25, 0.3) is 11.1 Å². The first-order valence-corrected chi connectivity index (χ1v) is 8.84. The van der Waals surface area contributed by atoms with E-state index in [1.54, 1.807) is 18.2 Å². The van der Waals surface area contributed by atoms with E-state index in [2.05, 4.69) is 0 Å². The molecule has 1 N–H and O–H groups in total. The van der Waals surface area contributed by atoms with Gasteiger partial charge in [-0.1, -0.05) is 11.6 Å². The number of thioether (sulfide) groups is 1. The van der Waals surface area contributed by atoms with Gasteiger partial charge in [-0.15, -0.1) is 0 Å². The molecule has 2 amide bonds. The minimum absolute atomic E-state index is 0.0368. The minimum Gasteiger partial charge on any atom is -0.478 e. The van der Waals surface area contributed by atoms with Gasteiger partial charge < -0.3 is 9.67 Å². The second-order valence-corrected chi connectivity index (χ2v) is 7.27. The van der Waals surface area contributed by atoms with Gasteiger partial charge >= 0.3 is 5.97 Å². The molecule has 1 saturated heterocycles. The van der Waals surface area contributed by atoms with Gasteiger partial charge in [0.1, 0.15) is 0 Å². The van der Waals surface area contributed by atoms with Gasteiger partial charge in [0.05, 0.1) is 15.5 Å². The molecule has 1 aromatic heterocycles. The van der Waals surface area contributed by atoms with Gasteiger partial charge in [0.2, 0.25) is 0 Å². The van der Waals surface area contributed by atoms with Crippen molar-refractivity contribution in [1.82, 2.24) is 9.47 Å². The summed E-state index contributed by atoms with van der Waals surface area (Å²) in [6.07, 6.45) is 1.69. The molecule has 6 nitrogen and oxygen atoms in total. The van der Waals surface area contributed by atoms with E-state index >= 15 is 0 Å². The lowest BCUT2D eigenvalue weighted by Crippen LogP contribution is -2.22. The van der Waals surface area contributed by atoms with Gasteiger partial charge in [0.15, 0.2) is 0 Å². The van der Waals surface area contributed by atoms with Crippen molar-refractivity contribution in [1.29, 1.82) is 0 Å². The molecule has 0 atom stereocenters. The van der Waals surface area contributed by atoms with Crippen LogP contribution in [0.3, 0.4) is 0 Å². The maximum absolute atomic E-state index is 12.1. The molecule has 1 fully saturated rings. The number of carboxylic acids is 1. The molecule has 0 spiro atoms. The zero-order chi connectivity index (χ0) is 19.2. The van der Waals surface area contributed by atoms with Crippen molar-refractivity contribution in [3.8, 4) is 5.69 Å². The second kappa shape index (κ2) is 6.66. The van der Waals surface area contributed by atoms with E-state index in [0.717, 1.165) is 39.3 Å². The summed E-state index contributed by atoms with van der Waals surface area (Å²) < 4.78 is 1.92. The summed E-state index contributed by atoms with van der Waals surface area (Å²) in [5.74, 6) is -1.41. The molecule has 134 valence electrons.